The van der Waals surface area contributed by atoms with Gasteiger partial charge >= 0.3 is 0 Å². The van der Waals surface area contributed by atoms with Gasteiger partial charge < -0.3 is 15.3 Å². The van der Waals surface area contributed by atoms with Crippen molar-refractivity contribution >= 4 is 11.6 Å². The van der Waals surface area contributed by atoms with Crippen LogP contribution in [0.1, 0.15) is 55.8 Å². The van der Waals surface area contributed by atoms with Gasteiger partial charge in [0.25, 0.3) is 5.91 Å². The maximum absolute atomic E-state index is 12.5. The maximum Gasteiger partial charge on any atom is 0.251 e. The Morgan fingerprint density at radius 2 is 1.91 bits per heavy atom. The fourth-order valence-corrected chi connectivity index (χ4v) is 3.89. The van der Waals surface area contributed by atoms with Gasteiger partial charge in [-0.1, -0.05) is 13.3 Å². The molecule has 1 saturated heterocycles. The minimum absolute atomic E-state index is 0.0261. The molecule has 2 N–H and O–H groups in total. The molecule has 2 atom stereocenters. The first-order valence-corrected chi connectivity index (χ1v) is 8.89. The highest BCUT2D eigenvalue weighted by molar-refractivity contribution is 5.94. The third-order valence-corrected chi connectivity index (χ3v) is 5.60. The smallest absolute Gasteiger partial charge is 0.251 e. The molecular formula is C19H28N2O2. The summed E-state index contributed by atoms with van der Waals surface area (Å²) in [6.07, 6.45) is 6.82. The molecule has 1 aromatic carbocycles. The van der Waals surface area contributed by atoms with Gasteiger partial charge in [-0.3, -0.25) is 4.79 Å². The zero-order valence-corrected chi connectivity index (χ0v) is 14.1. The number of hydrogen-bond donors (Lipinski definition) is 2. The highest BCUT2D eigenvalue weighted by atomic mass is 16.3. The number of hydrogen-bond acceptors (Lipinski definition) is 3. The Morgan fingerprint density at radius 3 is 2.57 bits per heavy atom. The van der Waals surface area contributed by atoms with Crippen molar-refractivity contribution in [2.75, 3.05) is 24.6 Å². The number of aliphatic hydroxyl groups excluding tert-OH is 1. The number of carbonyl (C=O) groups excluding carboxylic acids is 1. The molecule has 1 saturated carbocycles. The molecule has 2 unspecified atom stereocenters. The molecule has 126 valence electrons. The van der Waals surface area contributed by atoms with Crippen LogP contribution in [-0.2, 0) is 0 Å². The SMILES string of the molecule is CC1(CO)CCCC1NC(=O)c1ccc(N2CCCCC2)cc1. The van der Waals surface area contributed by atoms with Gasteiger partial charge in [0.05, 0.1) is 6.61 Å². The van der Waals surface area contributed by atoms with E-state index in [0.29, 0.717) is 5.56 Å². The van der Waals surface area contributed by atoms with Crippen LogP contribution in [0.3, 0.4) is 0 Å². The molecule has 0 aromatic heterocycles. The lowest BCUT2D eigenvalue weighted by atomic mass is 9.85. The topological polar surface area (TPSA) is 52.6 Å². The summed E-state index contributed by atoms with van der Waals surface area (Å²) in [7, 11) is 0. The van der Waals surface area contributed by atoms with E-state index < -0.39 is 0 Å². The molecule has 0 spiro atoms. The van der Waals surface area contributed by atoms with Gasteiger partial charge in [0.2, 0.25) is 0 Å². The molecule has 3 rings (SSSR count). The van der Waals surface area contributed by atoms with Gasteiger partial charge in [0.15, 0.2) is 0 Å². The lowest BCUT2D eigenvalue weighted by Crippen LogP contribution is -2.44. The summed E-state index contributed by atoms with van der Waals surface area (Å²) in [5, 5.41) is 12.7. The first kappa shape index (κ1) is 16.3. The van der Waals surface area contributed by atoms with Crippen LogP contribution in [0.4, 0.5) is 5.69 Å². The zero-order chi connectivity index (χ0) is 16.3. The van der Waals surface area contributed by atoms with Gasteiger partial charge in [-0.15, -0.1) is 0 Å². The molecule has 0 bridgehead atoms. The number of benzene rings is 1. The minimum Gasteiger partial charge on any atom is -0.396 e. The van der Waals surface area contributed by atoms with Gasteiger partial charge in [-0.05, 0) is 56.4 Å². The van der Waals surface area contributed by atoms with E-state index in [2.05, 4.69) is 29.3 Å². The largest absolute Gasteiger partial charge is 0.396 e. The summed E-state index contributed by atoms with van der Waals surface area (Å²) in [6, 6.07) is 8.02. The lowest BCUT2D eigenvalue weighted by molar-refractivity contribution is 0.0830. The Labute approximate surface area is 138 Å². The fraction of sp³-hybridized carbons (Fsp3) is 0.632. The average Bonchev–Trinajstić information content (AvgIpc) is 2.97. The van der Waals surface area contributed by atoms with E-state index >= 15 is 0 Å². The van der Waals surface area contributed by atoms with Crippen molar-refractivity contribution in [2.45, 2.75) is 51.5 Å². The van der Waals surface area contributed by atoms with E-state index in [1.165, 1.54) is 24.9 Å². The molecule has 0 radical (unpaired) electrons. The summed E-state index contributed by atoms with van der Waals surface area (Å²) in [4.78, 5) is 14.9. The highest BCUT2D eigenvalue weighted by Crippen LogP contribution is 2.37. The van der Waals surface area contributed by atoms with Crippen molar-refractivity contribution < 1.29 is 9.90 Å². The van der Waals surface area contributed by atoms with Crippen LogP contribution < -0.4 is 10.2 Å². The third kappa shape index (κ3) is 3.52. The molecule has 1 amide bonds. The van der Waals surface area contributed by atoms with Crippen LogP contribution in [0.5, 0.6) is 0 Å². The van der Waals surface area contributed by atoms with E-state index in [-0.39, 0.29) is 24.0 Å². The van der Waals surface area contributed by atoms with Crippen LogP contribution >= 0.6 is 0 Å². The summed E-state index contributed by atoms with van der Waals surface area (Å²) in [6.45, 7) is 4.42. The summed E-state index contributed by atoms with van der Waals surface area (Å²) in [5.41, 5.74) is 1.74. The molecule has 1 aliphatic heterocycles. The summed E-state index contributed by atoms with van der Waals surface area (Å²) in [5.74, 6) is -0.0261. The van der Waals surface area contributed by atoms with E-state index in [9.17, 15) is 9.90 Å². The van der Waals surface area contributed by atoms with Crippen LogP contribution in [0.15, 0.2) is 24.3 Å². The standard InChI is InChI=1S/C19H28N2O2/c1-19(14-22)11-5-6-17(19)20-18(23)15-7-9-16(10-8-15)21-12-3-2-4-13-21/h7-10,17,22H,2-6,11-14H2,1H3,(H,20,23). The number of rotatable bonds is 4. The van der Waals surface area contributed by atoms with Crippen molar-refractivity contribution in [1.82, 2.24) is 5.32 Å². The molecule has 1 aromatic rings. The van der Waals surface area contributed by atoms with Gasteiger partial charge in [0.1, 0.15) is 0 Å². The molecule has 23 heavy (non-hydrogen) atoms. The van der Waals surface area contributed by atoms with E-state index in [0.717, 1.165) is 32.4 Å². The van der Waals surface area contributed by atoms with Crippen molar-refractivity contribution in [3.63, 3.8) is 0 Å². The van der Waals surface area contributed by atoms with Crippen LogP contribution in [0, 0.1) is 5.41 Å². The van der Waals surface area contributed by atoms with E-state index in [1.807, 2.05) is 12.1 Å². The second-order valence-corrected chi connectivity index (χ2v) is 7.33. The molecule has 4 heteroatoms. The summed E-state index contributed by atoms with van der Waals surface area (Å²) >= 11 is 0. The Kier molecular flexibility index (Phi) is 4.90. The molecule has 2 fully saturated rings. The van der Waals surface area contributed by atoms with Crippen molar-refractivity contribution in [1.29, 1.82) is 0 Å². The number of anilines is 1. The molecular weight excluding hydrogens is 288 g/mol. The van der Waals surface area contributed by atoms with Gasteiger partial charge in [-0.2, -0.15) is 0 Å². The third-order valence-electron chi connectivity index (χ3n) is 5.60. The van der Waals surface area contributed by atoms with E-state index in [4.69, 9.17) is 0 Å². The number of amides is 1. The van der Waals surface area contributed by atoms with Crippen molar-refractivity contribution in [3.05, 3.63) is 29.8 Å². The predicted octanol–water partition coefficient (Wildman–Crippen LogP) is 2.96. The minimum atomic E-state index is -0.177. The lowest BCUT2D eigenvalue weighted by Gasteiger charge is -2.30. The monoisotopic (exact) mass is 316 g/mol. The van der Waals surface area contributed by atoms with Crippen molar-refractivity contribution in [3.8, 4) is 0 Å². The fourth-order valence-electron chi connectivity index (χ4n) is 3.89. The Morgan fingerprint density at radius 1 is 1.22 bits per heavy atom. The first-order valence-electron chi connectivity index (χ1n) is 8.89. The molecule has 1 aliphatic carbocycles. The Balaban J connectivity index is 1.63. The number of nitrogens with zero attached hydrogens (tertiary/aromatic N) is 1. The normalized spacial score (nSPS) is 27.9. The molecule has 2 aliphatic rings. The predicted molar refractivity (Wildman–Crippen MR) is 92.8 cm³/mol. The number of nitrogens with one attached hydrogen (secondary N) is 1. The van der Waals surface area contributed by atoms with Crippen molar-refractivity contribution in [2.24, 2.45) is 5.41 Å². The maximum atomic E-state index is 12.5. The quantitative estimate of drug-likeness (QED) is 0.898. The molecule has 1 heterocycles. The summed E-state index contributed by atoms with van der Waals surface area (Å²) < 4.78 is 0. The molecule has 4 nitrogen and oxygen atoms in total. The van der Waals surface area contributed by atoms with E-state index in [1.54, 1.807) is 0 Å². The number of aliphatic hydroxyl groups is 1. The second-order valence-electron chi connectivity index (χ2n) is 7.33. The van der Waals surface area contributed by atoms with Crippen LogP contribution in [0.25, 0.3) is 0 Å². The Bertz CT molecular complexity index is 537. The van der Waals surface area contributed by atoms with Gasteiger partial charge in [-0.25, -0.2) is 0 Å². The van der Waals surface area contributed by atoms with Crippen LogP contribution in [0.2, 0.25) is 0 Å². The Hall–Kier alpha value is -1.55. The second kappa shape index (κ2) is 6.91. The number of carbonyl (C=O) groups is 1. The number of piperidine rings is 1. The van der Waals surface area contributed by atoms with Gasteiger partial charge in [0, 0.05) is 35.8 Å². The zero-order valence-electron chi connectivity index (χ0n) is 14.1. The average molecular weight is 316 g/mol. The highest BCUT2D eigenvalue weighted by Gasteiger charge is 2.39. The first-order chi connectivity index (χ1) is 11.1. The van der Waals surface area contributed by atoms with Crippen LogP contribution in [-0.4, -0.2) is 36.8 Å².